The van der Waals surface area contributed by atoms with Crippen LogP contribution in [0.4, 0.5) is 12.6 Å². The summed E-state index contributed by atoms with van der Waals surface area (Å²) in [5.74, 6) is -4.59. The highest BCUT2D eigenvalue weighted by molar-refractivity contribution is 7.26. The zero-order valence-corrected chi connectivity index (χ0v) is 28.7. The van der Waals surface area contributed by atoms with E-state index in [0.717, 1.165) is 0 Å². The van der Waals surface area contributed by atoms with E-state index in [1.54, 1.807) is 6.92 Å². The first-order valence-corrected chi connectivity index (χ1v) is 15.6. The van der Waals surface area contributed by atoms with E-state index in [1.165, 1.54) is 21.1 Å². The Kier molecular flexibility index (Phi) is 32.8. The minimum atomic E-state index is -1.40. The molecule has 0 heterocycles. The maximum atomic E-state index is 11.6. The fraction of sp³-hybridized carbons (Fsp3) is 0.640. The van der Waals surface area contributed by atoms with E-state index in [0.29, 0.717) is 0 Å². The molecule has 15 nitrogen and oxygen atoms in total. The fourth-order valence-electron chi connectivity index (χ4n) is 2.64. The molecule has 0 saturated carbocycles. The van der Waals surface area contributed by atoms with E-state index in [9.17, 15) is 55.7 Å². The van der Waals surface area contributed by atoms with Crippen molar-refractivity contribution in [2.75, 3.05) is 20.8 Å². The Morgan fingerprint density at radius 3 is 1.39 bits per heavy atom. The number of rotatable bonds is 21. The number of hydrogen-bond donors (Lipinski definition) is 1. The van der Waals surface area contributed by atoms with Gasteiger partial charge in [0.15, 0.2) is 0 Å². The first-order chi connectivity index (χ1) is 21.7. The molecule has 0 aromatic carbocycles. The Labute approximate surface area is 269 Å². The van der Waals surface area contributed by atoms with Crippen molar-refractivity contribution in [3.63, 3.8) is 0 Å². The topological polar surface area (TPSA) is 212 Å². The molecule has 4 unspecified atom stereocenters. The zero-order chi connectivity index (χ0) is 35.9. The summed E-state index contributed by atoms with van der Waals surface area (Å²) in [6, 6.07) is 0. The molecule has 0 aliphatic rings. The first kappa shape index (κ1) is 47.3. The molecule has 0 aromatic rings. The number of amides is 1. The van der Waals surface area contributed by atoms with Crippen LogP contribution < -0.4 is 5.32 Å². The number of hydrogen-bond acceptors (Lipinski definition) is 14. The van der Waals surface area contributed by atoms with Crippen LogP contribution in [-0.2, 0) is 66.2 Å². The van der Waals surface area contributed by atoms with Gasteiger partial charge in [-0.25, -0.2) is 0 Å². The normalized spacial score (nSPS) is 11.0. The molecular formula is C25H39F3NO14P3. The highest BCUT2D eigenvalue weighted by Gasteiger charge is 2.18. The van der Waals surface area contributed by atoms with Gasteiger partial charge < -0.3 is 28.4 Å². The highest BCUT2D eigenvalue weighted by atomic mass is 31.1. The van der Waals surface area contributed by atoms with Crippen molar-refractivity contribution in [3.05, 3.63) is 0 Å². The number of esters is 2. The maximum absolute atomic E-state index is 11.6. The van der Waals surface area contributed by atoms with Gasteiger partial charge in [-0.1, -0.05) is 6.92 Å². The van der Waals surface area contributed by atoms with Gasteiger partial charge in [-0.2, -0.15) is 12.6 Å². The molecule has 21 heteroatoms. The SMILES string of the molecule is CC(=O)CCNC(=O)CCC(=O)OPF.COC(=O)C(C)CC(=O)CCC(=O)OPF.COC(=O)CCC(=O)CCC(=O)OPF. The maximum Gasteiger partial charge on any atom is 0.310 e. The molecule has 0 radical (unpaired) electrons. The Hall–Kier alpha value is -3.09. The predicted molar refractivity (Wildman–Crippen MR) is 160 cm³/mol. The van der Waals surface area contributed by atoms with Crippen LogP contribution in [0.1, 0.15) is 78.1 Å². The smallest absolute Gasteiger partial charge is 0.310 e. The van der Waals surface area contributed by atoms with Gasteiger partial charge in [0.1, 0.15) is 17.3 Å². The molecule has 0 aliphatic carbocycles. The standard InChI is InChI=1S/C9H14FO5P.C8H13FNO4P.C8H12FO5P/c1-6(9(13)14-2)5-7(11)3-4-8(12)15-16-10;1-6(11)4-5-10-7(12)2-3-8(13)14-15-9;1-13-7(11)4-2-6(10)3-5-8(12)14-15-9/h6,16H,3-5H2,1-2H3;15H,2-5H2,1H3,(H,10,12);15H,2-5H2,1H3. The van der Waals surface area contributed by atoms with Crippen molar-refractivity contribution in [2.45, 2.75) is 78.1 Å². The molecule has 1 amide bonds. The van der Waals surface area contributed by atoms with E-state index >= 15 is 0 Å². The molecule has 0 bridgehead atoms. The van der Waals surface area contributed by atoms with Crippen LogP contribution in [0, 0.1) is 5.92 Å². The summed E-state index contributed by atoms with van der Waals surface area (Å²) < 4.78 is 55.4. The quantitative estimate of drug-likeness (QED) is 0.101. The predicted octanol–water partition coefficient (Wildman–Crippen LogP) is 3.75. The Morgan fingerprint density at radius 2 is 1.00 bits per heavy atom. The molecular weight excluding hydrogens is 688 g/mol. The fourth-order valence-corrected chi connectivity index (χ4v) is 3.21. The van der Waals surface area contributed by atoms with Crippen molar-refractivity contribution in [1.82, 2.24) is 5.32 Å². The molecule has 0 rings (SSSR count). The van der Waals surface area contributed by atoms with Gasteiger partial charge in [-0.3, -0.25) is 43.2 Å². The lowest BCUT2D eigenvalue weighted by molar-refractivity contribution is -0.146. The third kappa shape index (κ3) is 33.8. The highest BCUT2D eigenvalue weighted by Crippen LogP contribution is 2.16. The zero-order valence-electron chi connectivity index (χ0n) is 25.7. The summed E-state index contributed by atoms with van der Waals surface area (Å²) in [6.45, 7) is 3.24. The second kappa shape index (κ2) is 31.9. The number of halogens is 3. The third-order valence-corrected chi connectivity index (χ3v) is 5.92. The number of methoxy groups -OCH3 is 2. The van der Waals surface area contributed by atoms with Crippen LogP contribution in [0.25, 0.3) is 0 Å². The lowest BCUT2D eigenvalue weighted by Gasteiger charge is -2.07. The van der Waals surface area contributed by atoms with Crippen LogP contribution in [0.15, 0.2) is 0 Å². The van der Waals surface area contributed by atoms with Crippen LogP contribution in [-0.4, -0.2) is 73.9 Å². The number of carbonyl (C=O) groups excluding carboxylic acids is 9. The summed E-state index contributed by atoms with van der Waals surface area (Å²) in [5, 5.41) is 2.45. The van der Waals surface area contributed by atoms with Gasteiger partial charge in [-0.05, 0) is 6.92 Å². The molecule has 0 aromatic heterocycles. The number of carbonyl (C=O) groups is 9. The number of Topliss-reactive ketones (excluding diaryl/α,β-unsaturated/α-hetero) is 3. The second-order valence-corrected chi connectivity index (χ2v) is 9.81. The molecule has 46 heavy (non-hydrogen) atoms. The lowest BCUT2D eigenvalue weighted by Crippen LogP contribution is -2.25. The van der Waals surface area contributed by atoms with Crippen molar-refractivity contribution >= 4 is 80.5 Å². The summed E-state index contributed by atoms with van der Waals surface area (Å²) in [6.07, 6.45) is -0.317. The first-order valence-electron chi connectivity index (χ1n) is 13.3. The minimum absolute atomic E-state index is 0.00472. The molecule has 1 N–H and O–H groups in total. The Balaban J connectivity index is -0.000000603. The molecule has 0 aliphatic heterocycles. The molecule has 0 saturated heterocycles. The third-order valence-electron chi connectivity index (χ3n) is 5.00. The van der Waals surface area contributed by atoms with Crippen molar-refractivity contribution < 1.29 is 78.8 Å². The van der Waals surface area contributed by atoms with Crippen molar-refractivity contribution in [3.8, 4) is 0 Å². The van der Waals surface area contributed by atoms with Gasteiger partial charge in [0.05, 0.1) is 45.8 Å². The van der Waals surface area contributed by atoms with Crippen LogP contribution in [0.2, 0.25) is 0 Å². The number of ether oxygens (including phenoxy) is 2. The van der Waals surface area contributed by atoms with Crippen LogP contribution in [0.3, 0.4) is 0 Å². The van der Waals surface area contributed by atoms with Gasteiger partial charge in [0.25, 0.3) is 27.4 Å². The van der Waals surface area contributed by atoms with E-state index in [2.05, 4.69) is 28.4 Å². The van der Waals surface area contributed by atoms with Crippen LogP contribution >= 0.6 is 27.4 Å². The molecule has 0 fully saturated rings. The number of ketones is 3. The summed E-state index contributed by atoms with van der Waals surface area (Å²) >= 11 is 0. The van der Waals surface area contributed by atoms with Crippen molar-refractivity contribution in [1.29, 1.82) is 0 Å². The molecule has 4 atom stereocenters. The average molecular weight is 727 g/mol. The number of nitrogens with one attached hydrogen (secondary N) is 1. The van der Waals surface area contributed by atoms with E-state index < -0.39 is 63.1 Å². The van der Waals surface area contributed by atoms with Gasteiger partial charge in [0, 0.05) is 45.1 Å². The minimum Gasteiger partial charge on any atom is -0.469 e. The largest absolute Gasteiger partial charge is 0.469 e. The summed E-state index contributed by atoms with van der Waals surface area (Å²) in [5.41, 5.74) is 0. The summed E-state index contributed by atoms with van der Waals surface area (Å²) in [4.78, 5) is 97.5. The molecule has 264 valence electrons. The Morgan fingerprint density at radius 1 is 0.587 bits per heavy atom. The van der Waals surface area contributed by atoms with E-state index in [1.807, 2.05) is 0 Å². The lowest BCUT2D eigenvalue weighted by atomic mass is 10.0. The summed E-state index contributed by atoms with van der Waals surface area (Å²) in [7, 11) is -1.72. The van der Waals surface area contributed by atoms with Gasteiger partial charge >= 0.3 is 29.8 Å². The van der Waals surface area contributed by atoms with E-state index in [-0.39, 0.29) is 94.0 Å². The van der Waals surface area contributed by atoms with Crippen LogP contribution in [0.5, 0.6) is 0 Å². The average Bonchev–Trinajstić information content (AvgIpc) is 3.01. The monoisotopic (exact) mass is 727 g/mol. The van der Waals surface area contributed by atoms with Gasteiger partial charge in [0.2, 0.25) is 5.91 Å². The second-order valence-electron chi connectivity index (χ2n) is 8.74. The van der Waals surface area contributed by atoms with E-state index in [4.69, 9.17) is 0 Å². The molecule has 0 spiro atoms. The Bertz CT molecular complexity index is 1000. The van der Waals surface area contributed by atoms with Gasteiger partial charge in [-0.15, -0.1) is 0 Å². The van der Waals surface area contributed by atoms with Crippen molar-refractivity contribution in [2.24, 2.45) is 5.92 Å².